The van der Waals surface area contributed by atoms with Gasteiger partial charge in [-0.25, -0.2) is 0 Å². The molecule has 1 N–H and O–H groups in total. The van der Waals surface area contributed by atoms with Crippen LogP contribution in [0.3, 0.4) is 0 Å². The summed E-state index contributed by atoms with van der Waals surface area (Å²) < 4.78 is 3.48. The number of para-hydroxylation sites is 1. The number of nitrogens with one attached hydrogen (secondary N) is 1. The summed E-state index contributed by atoms with van der Waals surface area (Å²) >= 11 is 9.58. The summed E-state index contributed by atoms with van der Waals surface area (Å²) in [6.45, 7) is 10.9. The van der Waals surface area contributed by atoms with Crippen molar-refractivity contribution in [3.63, 3.8) is 0 Å². The number of hydrogen-bond donors (Lipinski definition) is 1. The minimum Gasteiger partial charge on any atom is -0.351 e. The monoisotopic (exact) mass is 544 g/mol. The Labute approximate surface area is 221 Å². The molecule has 6 heteroatoms. The molecule has 1 aliphatic heterocycles. The van der Waals surface area contributed by atoms with Crippen molar-refractivity contribution in [2.24, 2.45) is 0 Å². The number of pyridine rings is 1. The van der Waals surface area contributed by atoms with E-state index in [0.29, 0.717) is 5.11 Å². The van der Waals surface area contributed by atoms with E-state index in [1.807, 2.05) is 18.3 Å². The number of halogens is 1. The maximum absolute atomic E-state index is 5.94. The molecule has 0 amide bonds. The highest BCUT2D eigenvalue weighted by atomic mass is 79.9. The topological polar surface area (TPSA) is 33.1 Å². The lowest BCUT2D eigenvalue weighted by Crippen LogP contribution is -2.29. The molecular formula is C29H29BrN4S. The molecule has 0 saturated carbocycles. The number of benzene rings is 2. The van der Waals surface area contributed by atoms with Crippen LogP contribution in [0.2, 0.25) is 0 Å². The summed E-state index contributed by atoms with van der Waals surface area (Å²) in [6, 6.07) is 21.2. The van der Waals surface area contributed by atoms with E-state index in [0.717, 1.165) is 15.9 Å². The average Bonchev–Trinajstić information content (AvgIpc) is 3.32. The number of thiocarbonyl (C=S) groups is 1. The van der Waals surface area contributed by atoms with Gasteiger partial charge in [0.15, 0.2) is 5.11 Å². The third kappa shape index (κ3) is 4.09. The first-order valence-electron chi connectivity index (χ1n) is 11.8. The molecule has 4 aromatic rings. The van der Waals surface area contributed by atoms with Gasteiger partial charge in [0.05, 0.1) is 23.5 Å². The number of aryl methyl sites for hydroxylation is 4. The van der Waals surface area contributed by atoms with Gasteiger partial charge in [-0.3, -0.25) is 4.98 Å². The van der Waals surface area contributed by atoms with Gasteiger partial charge in [0.2, 0.25) is 0 Å². The van der Waals surface area contributed by atoms with E-state index in [-0.39, 0.29) is 12.1 Å². The highest BCUT2D eigenvalue weighted by molar-refractivity contribution is 9.10. The number of hydrogen-bond acceptors (Lipinski definition) is 2. The maximum Gasteiger partial charge on any atom is 0.174 e. The van der Waals surface area contributed by atoms with Crippen LogP contribution >= 0.6 is 28.1 Å². The smallest absolute Gasteiger partial charge is 0.174 e. The van der Waals surface area contributed by atoms with Gasteiger partial charge >= 0.3 is 0 Å². The predicted molar refractivity (Wildman–Crippen MR) is 152 cm³/mol. The molecular weight excluding hydrogens is 516 g/mol. The molecule has 178 valence electrons. The highest BCUT2D eigenvalue weighted by Gasteiger charge is 2.42. The molecule has 0 radical (unpaired) electrons. The van der Waals surface area contributed by atoms with E-state index in [4.69, 9.17) is 17.2 Å². The molecule has 2 aromatic heterocycles. The second kappa shape index (κ2) is 9.25. The number of nitrogens with zero attached hydrogens (tertiary/aromatic N) is 3. The van der Waals surface area contributed by atoms with E-state index in [1.165, 1.54) is 39.3 Å². The van der Waals surface area contributed by atoms with Crippen LogP contribution in [0.4, 0.5) is 5.69 Å². The zero-order valence-corrected chi connectivity index (χ0v) is 23.0. The maximum atomic E-state index is 5.94. The first kappa shape index (κ1) is 23.8. The summed E-state index contributed by atoms with van der Waals surface area (Å²) in [5.74, 6) is 0. The normalized spacial score (nSPS) is 17.7. The third-order valence-electron chi connectivity index (χ3n) is 6.97. The highest BCUT2D eigenvalue weighted by Crippen LogP contribution is 2.44. The molecule has 35 heavy (non-hydrogen) atoms. The summed E-state index contributed by atoms with van der Waals surface area (Å²) in [5, 5.41) is 4.31. The lowest BCUT2D eigenvalue weighted by Gasteiger charge is -2.28. The first-order valence-corrected chi connectivity index (χ1v) is 13.0. The van der Waals surface area contributed by atoms with Crippen molar-refractivity contribution in [3.05, 3.63) is 111 Å². The van der Waals surface area contributed by atoms with Crippen molar-refractivity contribution in [1.82, 2.24) is 14.9 Å². The molecule has 4 nitrogen and oxygen atoms in total. The standard InChI is InChI=1S/C29H29BrN4S/c1-17-9-8-10-18(2)27(17)33-20(4)16-23(21(33)5)28-26(25-11-6-7-14-31-25)32-29(35)34(28)22-12-13-24(30)19(3)15-22/h6-16,26,28H,1-5H3,(H,32,35)/t26-,28+/m0/s1. The Bertz CT molecular complexity index is 1410. The average molecular weight is 546 g/mol. The Hall–Kier alpha value is -2.96. The van der Waals surface area contributed by atoms with Gasteiger partial charge in [-0.2, -0.15) is 0 Å². The van der Waals surface area contributed by atoms with Gasteiger partial charge in [-0.05, 0) is 105 Å². The molecule has 0 bridgehead atoms. The third-order valence-corrected chi connectivity index (χ3v) is 8.17. The van der Waals surface area contributed by atoms with Crippen molar-refractivity contribution in [2.75, 3.05) is 4.90 Å². The fourth-order valence-corrected chi connectivity index (χ4v) is 5.91. The van der Waals surface area contributed by atoms with Crippen LogP contribution in [0.15, 0.2) is 71.3 Å². The van der Waals surface area contributed by atoms with E-state index < -0.39 is 0 Å². The van der Waals surface area contributed by atoms with Crippen LogP contribution in [0.1, 0.15) is 51.4 Å². The lowest BCUT2D eigenvalue weighted by molar-refractivity contribution is 0.565. The summed E-state index contributed by atoms with van der Waals surface area (Å²) in [4.78, 5) is 6.97. The SMILES string of the molecule is Cc1cc(N2C(=S)N[C@@H](c3ccccn3)[C@H]2c2cc(C)n(-c3c(C)cccc3C)c2C)ccc1Br. The lowest BCUT2D eigenvalue weighted by atomic mass is 9.96. The number of anilines is 1. The summed E-state index contributed by atoms with van der Waals surface area (Å²) in [6.07, 6.45) is 1.85. The van der Waals surface area contributed by atoms with Crippen LogP contribution < -0.4 is 10.2 Å². The van der Waals surface area contributed by atoms with E-state index >= 15 is 0 Å². The van der Waals surface area contributed by atoms with E-state index in [1.54, 1.807) is 0 Å². The van der Waals surface area contributed by atoms with E-state index in [2.05, 4.69) is 114 Å². The molecule has 1 aliphatic rings. The zero-order chi connectivity index (χ0) is 24.9. The van der Waals surface area contributed by atoms with E-state index in [9.17, 15) is 0 Å². The molecule has 2 aromatic carbocycles. The molecule has 1 saturated heterocycles. The largest absolute Gasteiger partial charge is 0.351 e. The molecule has 2 atom stereocenters. The minimum atomic E-state index is -0.0698. The Balaban J connectivity index is 1.72. The molecule has 0 unspecified atom stereocenters. The second-order valence-corrected chi connectivity index (χ2v) is 10.6. The number of rotatable bonds is 4. The molecule has 3 heterocycles. The Morgan fingerprint density at radius 1 is 0.886 bits per heavy atom. The van der Waals surface area contributed by atoms with Crippen LogP contribution in [0.25, 0.3) is 5.69 Å². The van der Waals surface area contributed by atoms with Gasteiger partial charge in [0, 0.05) is 27.7 Å². The summed E-state index contributed by atoms with van der Waals surface area (Å²) in [7, 11) is 0. The first-order chi connectivity index (χ1) is 16.8. The molecule has 0 spiro atoms. The van der Waals surface area contributed by atoms with Gasteiger partial charge in [-0.15, -0.1) is 0 Å². The van der Waals surface area contributed by atoms with Crippen molar-refractivity contribution in [1.29, 1.82) is 0 Å². The Morgan fingerprint density at radius 3 is 2.29 bits per heavy atom. The summed E-state index contributed by atoms with van der Waals surface area (Å²) in [5.41, 5.74) is 10.7. The second-order valence-electron chi connectivity index (χ2n) is 9.33. The van der Waals surface area contributed by atoms with Crippen LogP contribution in [-0.2, 0) is 0 Å². The number of aromatic nitrogens is 2. The molecule has 0 aliphatic carbocycles. The minimum absolute atomic E-state index is 0.0396. The van der Waals surface area contributed by atoms with Crippen LogP contribution in [0.5, 0.6) is 0 Å². The fourth-order valence-electron chi connectivity index (χ4n) is 5.32. The zero-order valence-electron chi connectivity index (χ0n) is 20.6. The molecule has 5 rings (SSSR count). The van der Waals surface area contributed by atoms with Gasteiger partial charge < -0.3 is 14.8 Å². The Kier molecular flexibility index (Phi) is 6.28. The van der Waals surface area contributed by atoms with Crippen molar-refractivity contribution >= 4 is 38.9 Å². The van der Waals surface area contributed by atoms with Gasteiger partial charge in [0.1, 0.15) is 0 Å². The quantitative estimate of drug-likeness (QED) is 0.272. The van der Waals surface area contributed by atoms with Gasteiger partial charge in [0.25, 0.3) is 0 Å². The van der Waals surface area contributed by atoms with Crippen molar-refractivity contribution in [3.8, 4) is 5.69 Å². The predicted octanol–water partition coefficient (Wildman–Crippen LogP) is 7.35. The van der Waals surface area contributed by atoms with Crippen LogP contribution in [0, 0.1) is 34.6 Å². The molecule has 1 fully saturated rings. The van der Waals surface area contributed by atoms with Crippen molar-refractivity contribution in [2.45, 2.75) is 46.7 Å². The fraction of sp³-hybridized carbons (Fsp3) is 0.241. The van der Waals surface area contributed by atoms with Crippen LogP contribution in [-0.4, -0.2) is 14.7 Å². The Morgan fingerprint density at radius 2 is 1.63 bits per heavy atom. The van der Waals surface area contributed by atoms with Gasteiger partial charge in [-0.1, -0.05) is 40.2 Å². The van der Waals surface area contributed by atoms with Crippen molar-refractivity contribution < 1.29 is 0 Å².